The summed E-state index contributed by atoms with van der Waals surface area (Å²) >= 11 is 7.10. The van der Waals surface area contributed by atoms with Crippen LogP contribution in [0.1, 0.15) is 15.9 Å². The molecule has 1 aromatic heterocycles. The van der Waals surface area contributed by atoms with E-state index in [0.29, 0.717) is 28.7 Å². The Morgan fingerprint density at radius 3 is 2.72 bits per heavy atom. The molecule has 0 atom stereocenters. The fourth-order valence-electron chi connectivity index (χ4n) is 2.27. The van der Waals surface area contributed by atoms with Crippen molar-refractivity contribution in [1.29, 1.82) is 0 Å². The lowest BCUT2D eigenvalue weighted by Crippen LogP contribution is -2.16. The van der Waals surface area contributed by atoms with Gasteiger partial charge in [-0.2, -0.15) is 4.98 Å². The Balaban J connectivity index is 1.68. The number of nitrogens with two attached hydrogens (primary N) is 1. The van der Waals surface area contributed by atoms with Crippen molar-refractivity contribution in [2.24, 2.45) is 5.73 Å². The van der Waals surface area contributed by atoms with Crippen molar-refractivity contribution in [1.82, 2.24) is 8.94 Å². The van der Waals surface area contributed by atoms with E-state index in [1.165, 1.54) is 11.5 Å². The minimum atomic E-state index is -0.466. The second-order valence-corrected chi connectivity index (χ2v) is 6.79. The van der Waals surface area contributed by atoms with Gasteiger partial charge in [0, 0.05) is 22.8 Å². The zero-order chi connectivity index (χ0) is 17.8. The Morgan fingerprint density at radius 1 is 1.24 bits per heavy atom. The van der Waals surface area contributed by atoms with Crippen LogP contribution < -0.4 is 16.7 Å². The van der Waals surface area contributed by atoms with Gasteiger partial charge in [-0.15, -0.1) is 0 Å². The summed E-state index contributed by atoms with van der Waals surface area (Å²) in [4.78, 5) is 27.2. The lowest BCUT2D eigenvalue weighted by atomic mass is 10.1. The Hall–Kier alpha value is -2.64. The highest BCUT2D eigenvalue weighted by Crippen LogP contribution is 2.19. The summed E-state index contributed by atoms with van der Waals surface area (Å²) in [6.45, 7) is 0.473. The highest BCUT2D eigenvalue weighted by molar-refractivity contribution is 7.10. The lowest BCUT2D eigenvalue weighted by Gasteiger charge is -2.03. The van der Waals surface area contributed by atoms with E-state index in [4.69, 9.17) is 17.3 Å². The van der Waals surface area contributed by atoms with Crippen LogP contribution in [-0.4, -0.2) is 14.8 Å². The Morgan fingerprint density at radius 2 is 2.00 bits per heavy atom. The van der Waals surface area contributed by atoms with Gasteiger partial charge in [0.1, 0.15) is 0 Å². The fourth-order valence-corrected chi connectivity index (χ4v) is 3.18. The molecule has 0 aliphatic rings. The van der Waals surface area contributed by atoms with Crippen LogP contribution in [0, 0.1) is 0 Å². The van der Waals surface area contributed by atoms with Gasteiger partial charge in [0.05, 0.1) is 0 Å². The molecular weight excluding hydrogens is 360 g/mol. The van der Waals surface area contributed by atoms with Gasteiger partial charge < -0.3 is 11.1 Å². The molecule has 128 valence electrons. The van der Waals surface area contributed by atoms with Crippen LogP contribution in [-0.2, 0) is 13.0 Å². The maximum atomic E-state index is 12.0. The van der Waals surface area contributed by atoms with E-state index in [-0.39, 0.29) is 5.69 Å². The molecule has 1 heterocycles. The predicted molar refractivity (Wildman–Crippen MR) is 99.8 cm³/mol. The average Bonchev–Trinajstić information content (AvgIpc) is 2.95. The van der Waals surface area contributed by atoms with E-state index >= 15 is 0 Å². The number of rotatable bonds is 6. The molecule has 0 unspecified atom stereocenters. The molecule has 3 aromatic rings. The quantitative estimate of drug-likeness (QED) is 0.693. The first-order valence-corrected chi connectivity index (χ1v) is 8.66. The monoisotopic (exact) mass is 374 g/mol. The molecule has 0 saturated carbocycles. The fraction of sp³-hybridized carbons (Fsp3) is 0.118. The summed E-state index contributed by atoms with van der Waals surface area (Å²) in [6, 6.07) is 14.2. The van der Waals surface area contributed by atoms with Gasteiger partial charge >= 0.3 is 5.69 Å². The lowest BCUT2D eigenvalue weighted by molar-refractivity contribution is 0.1000. The number of nitrogens with one attached hydrogen (secondary N) is 1. The molecule has 0 fully saturated rings. The van der Waals surface area contributed by atoms with Gasteiger partial charge in [0.25, 0.3) is 0 Å². The summed E-state index contributed by atoms with van der Waals surface area (Å²) in [6.07, 6.45) is 0.601. The van der Waals surface area contributed by atoms with Gasteiger partial charge in [-0.05, 0) is 59.9 Å². The second kappa shape index (κ2) is 7.50. The number of aromatic nitrogens is 2. The first-order chi connectivity index (χ1) is 12.0. The van der Waals surface area contributed by atoms with E-state index in [0.717, 1.165) is 11.3 Å². The number of carbonyl (C=O) groups is 1. The first kappa shape index (κ1) is 17.2. The Bertz CT molecular complexity index is 950. The van der Waals surface area contributed by atoms with Gasteiger partial charge in [0.15, 0.2) is 0 Å². The number of anilines is 2. The molecule has 3 rings (SSSR count). The zero-order valence-corrected chi connectivity index (χ0v) is 14.7. The molecule has 8 heteroatoms. The van der Waals surface area contributed by atoms with Crippen LogP contribution in [0.25, 0.3) is 0 Å². The van der Waals surface area contributed by atoms with Crippen molar-refractivity contribution in [3.63, 3.8) is 0 Å². The number of nitrogens with zero attached hydrogens (tertiary/aromatic N) is 2. The van der Waals surface area contributed by atoms with Gasteiger partial charge in [0.2, 0.25) is 11.0 Å². The summed E-state index contributed by atoms with van der Waals surface area (Å²) < 4.78 is 1.56. The van der Waals surface area contributed by atoms with Gasteiger partial charge in [-0.3, -0.25) is 4.79 Å². The van der Waals surface area contributed by atoms with Crippen molar-refractivity contribution >= 4 is 39.9 Å². The van der Waals surface area contributed by atoms with Crippen LogP contribution in [0.15, 0.2) is 53.3 Å². The third-order valence-corrected chi connectivity index (χ3v) is 4.70. The van der Waals surface area contributed by atoms with E-state index < -0.39 is 5.91 Å². The van der Waals surface area contributed by atoms with Crippen molar-refractivity contribution in [3.05, 3.63) is 75.2 Å². The molecule has 0 radical (unpaired) electrons. The minimum Gasteiger partial charge on any atom is -0.366 e. The second-order valence-electron chi connectivity index (χ2n) is 5.34. The number of hydrogen-bond donors (Lipinski definition) is 2. The molecule has 0 bridgehead atoms. The summed E-state index contributed by atoms with van der Waals surface area (Å²) in [7, 11) is 0. The summed E-state index contributed by atoms with van der Waals surface area (Å²) in [5.74, 6) is -0.466. The minimum absolute atomic E-state index is 0.312. The third-order valence-electron chi connectivity index (χ3n) is 3.52. The van der Waals surface area contributed by atoms with Crippen molar-refractivity contribution in [2.45, 2.75) is 13.0 Å². The topological polar surface area (TPSA) is 90.0 Å². The predicted octanol–water partition coefficient (Wildman–Crippen LogP) is 3.04. The highest BCUT2D eigenvalue weighted by atomic mass is 35.5. The van der Waals surface area contributed by atoms with Gasteiger partial charge in [-0.25, -0.2) is 8.75 Å². The van der Waals surface area contributed by atoms with Crippen molar-refractivity contribution < 1.29 is 4.79 Å². The number of aryl methyl sites for hydroxylation is 2. The van der Waals surface area contributed by atoms with Crippen molar-refractivity contribution in [2.75, 3.05) is 5.32 Å². The summed E-state index contributed by atoms with van der Waals surface area (Å²) in [5, 5.41) is 4.23. The van der Waals surface area contributed by atoms with Crippen LogP contribution in [0.3, 0.4) is 0 Å². The number of hydrogen-bond acceptors (Lipinski definition) is 5. The largest absolute Gasteiger partial charge is 0.366 e. The number of primary amides is 1. The average molecular weight is 375 g/mol. The molecule has 3 N–H and O–H groups in total. The maximum absolute atomic E-state index is 12.0. The molecule has 6 nitrogen and oxygen atoms in total. The maximum Gasteiger partial charge on any atom is 0.359 e. The molecule has 0 aliphatic heterocycles. The van der Waals surface area contributed by atoms with E-state index in [2.05, 4.69) is 10.3 Å². The third kappa shape index (κ3) is 4.46. The Labute approximate surface area is 153 Å². The number of halogens is 1. The normalized spacial score (nSPS) is 10.6. The molecule has 0 aliphatic carbocycles. The smallest absolute Gasteiger partial charge is 0.359 e. The Kier molecular flexibility index (Phi) is 5.16. The summed E-state index contributed by atoms with van der Waals surface area (Å²) in [5.41, 5.74) is 7.17. The molecule has 0 spiro atoms. The number of benzene rings is 2. The standard InChI is InChI=1S/C17H15ClN4O2S/c18-13-4-6-14(7-5-13)20-16-21-17(24)22(25-16)9-8-11-2-1-3-12(10-11)15(19)23/h1-7,10H,8-9H2,(H2,19,23)(H,20,21,24). The SMILES string of the molecule is NC(=O)c1cccc(CCn2sc(Nc3ccc(Cl)cc3)nc2=O)c1. The van der Waals surface area contributed by atoms with Crippen LogP contribution in [0.4, 0.5) is 10.8 Å². The van der Waals surface area contributed by atoms with E-state index in [9.17, 15) is 9.59 Å². The van der Waals surface area contributed by atoms with E-state index in [1.54, 1.807) is 34.3 Å². The van der Waals surface area contributed by atoms with Crippen LogP contribution in [0.2, 0.25) is 5.02 Å². The molecular formula is C17H15ClN4O2S. The molecule has 0 saturated heterocycles. The zero-order valence-electron chi connectivity index (χ0n) is 13.1. The molecule has 2 aromatic carbocycles. The first-order valence-electron chi connectivity index (χ1n) is 7.51. The van der Waals surface area contributed by atoms with Crippen molar-refractivity contribution in [3.8, 4) is 0 Å². The van der Waals surface area contributed by atoms with Crippen LogP contribution in [0.5, 0.6) is 0 Å². The number of carbonyl (C=O) groups excluding carboxylic acids is 1. The highest BCUT2D eigenvalue weighted by Gasteiger charge is 2.08. The van der Waals surface area contributed by atoms with Crippen LogP contribution >= 0.6 is 23.1 Å². The molecule has 25 heavy (non-hydrogen) atoms. The van der Waals surface area contributed by atoms with Gasteiger partial charge in [-0.1, -0.05) is 23.7 Å². The number of amides is 1. The van der Waals surface area contributed by atoms with E-state index in [1.807, 2.05) is 18.2 Å². The molecule has 1 amide bonds.